The Labute approximate surface area is 184 Å². The highest BCUT2D eigenvalue weighted by molar-refractivity contribution is 5.90. The van der Waals surface area contributed by atoms with Gasteiger partial charge in [0.1, 0.15) is 31.7 Å². The zero-order valence-electron chi connectivity index (χ0n) is 17.4. The maximum atomic E-state index is 12.5. The molecule has 10 heteroatoms. The molecule has 2 amide bonds. The van der Waals surface area contributed by atoms with Crippen LogP contribution in [-0.2, 0) is 11.3 Å². The maximum Gasteiger partial charge on any atom is 0.322 e. The molecule has 1 saturated heterocycles. The highest BCUT2D eigenvalue weighted by Gasteiger charge is 2.32. The van der Waals surface area contributed by atoms with Crippen molar-refractivity contribution in [3.63, 3.8) is 0 Å². The fraction of sp³-hybridized carbons (Fsp3) is 0.318. The van der Waals surface area contributed by atoms with Gasteiger partial charge in [-0.2, -0.15) is 4.98 Å². The number of methoxy groups -OCH3 is 1. The van der Waals surface area contributed by atoms with E-state index in [2.05, 4.69) is 15.5 Å². The number of benzene rings is 2. The number of aromatic nitrogens is 2. The van der Waals surface area contributed by atoms with Crippen molar-refractivity contribution < 1.29 is 28.3 Å². The number of rotatable bonds is 6. The normalized spacial score (nSPS) is 15.2. The first-order chi connectivity index (χ1) is 15.7. The van der Waals surface area contributed by atoms with Gasteiger partial charge in [0.2, 0.25) is 5.82 Å². The topological polar surface area (TPSA) is 108 Å². The summed E-state index contributed by atoms with van der Waals surface area (Å²) in [6.45, 7) is 2.31. The molecule has 0 unspecified atom stereocenters. The van der Waals surface area contributed by atoms with Crippen molar-refractivity contribution in [1.82, 2.24) is 15.0 Å². The van der Waals surface area contributed by atoms with Crippen molar-refractivity contribution in [2.24, 2.45) is 0 Å². The summed E-state index contributed by atoms with van der Waals surface area (Å²) < 4.78 is 27.1. The molecule has 2 aromatic carbocycles. The third-order valence-corrected chi connectivity index (χ3v) is 5.08. The SMILES string of the molecule is COCc1nc(-c2ccc(OC3CN(C(=O)Nc4ccc5c(c4)OCCO5)C3)cc2)no1. The van der Waals surface area contributed by atoms with Crippen LogP contribution in [0.5, 0.6) is 17.2 Å². The zero-order chi connectivity index (χ0) is 21.9. The first kappa shape index (κ1) is 20.1. The Hall–Kier alpha value is -3.79. The molecule has 1 fully saturated rings. The van der Waals surface area contributed by atoms with Gasteiger partial charge < -0.3 is 33.7 Å². The minimum absolute atomic E-state index is 0.0645. The van der Waals surface area contributed by atoms with E-state index in [-0.39, 0.29) is 18.7 Å². The summed E-state index contributed by atoms with van der Waals surface area (Å²) in [7, 11) is 1.57. The van der Waals surface area contributed by atoms with Crippen LogP contribution >= 0.6 is 0 Å². The number of anilines is 1. The Morgan fingerprint density at radius 2 is 1.91 bits per heavy atom. The van der Waals surface area contributed by atoms with Crippen LogP contribution in [0.2, 0.25) is 0 Å². The molecule has 166 valence electrons. The molecule has 2 aliphatic heterocycles. The Balaban J connectivity index is 1.11. The number of ether oxygens (including phenoxy) is 4. The van der Waals surface area contributed by atoms with Gasteiger partial charge in [0.05, 0.1) is 13.1 Å². The van der Waals surface area contributed by atoms with Crippen molar-refractivity contribution in [3.05, 3.63) is 48.4 Å². The van der Waals surface area contributed by atoms with Crippen LogP contribution in [0.3, 0.4) is 0 Å². The molecule has 0 spiro atoms. The van der Waals surface area contributed by atoms with Crippen molar-refractivity contribution in [3.8, 4) is 28.6 Å². The summed E-state index contributed by atoms with van der Waals surface area (Å²) in [5.41, 5.74) is 1.48. The van der Waals surface area contributed by atoms with Crippen LogP contribution in [0.1, 0.15) is 5.89 Å². The average Bonchev–Trinajstić information content (AvgIpc) is 3.25. The molecule has 0 bridgehead atoms. The summed E-state index contributed by atoms with van der Waals surface area (Å²) >= 11 is 0. The van der Waals surface area contributed by atoms with Crippen LogP contribution in [-0.4, -0.2) is 60.6 Å². The first-order valence-electron chi connectivity index (χ1n) is 10.2. The smallest absolute Gasteiger partial charge is 0.322 e. The molecule has 5 rings (SSSR count). The van der Waals surface area contributed by atoms with Crippen molar-refractivity contribution in [1.29, 1.82) is 0 Å². The van der Waals surface area contributed by atoms with E-state index in [1.165, 1.54) is 0 Å². The predicted octanol–water partition coefficient (Wildman–Crippen LogP) is 2.95. The quantitative estimate of drug-likeness (QED) is 0.626. The number of fused-ring (bicyclic) bond motifs is 1. The highest BCUT2D eigenvalue weighted by atomic mass is 16.6. The Bertz CT molecular complexity index is 1090. The van der Waals surface area contributed by atoms with Gasteiger partial charge in [0.15, 0.2) is 11.5 Å². The molecule has 1 aromatic heterocycles. The van der Waals surface area contributed by atoms with E-state index in [4.69, 9.17) is 23.5 Å². The molecule has 1 N–H and O–H groups in total. The molecular formula is C22H22N4O6. The third kappa shape index (κ3) is 4.30. The second-order valence-electron chi connectivity index (χ2n) is 7.40. The second-order valence-corrected chi connectivity index (χ2v) is 7.40. The van der Waals surface area contributed by atoms with Crippen molar-refractivity contribution >= 4 is 11.7 Å². The van der Waals surface area contributed by atoms with Gasteiger partial charge in [-0.15, -0.1) is 0 Å². The largest absolute Gasteiger partial charge is 0.487 e. The second kappa shape index (κ2) is 8.75. The average molecular weight is 438 g/mol. The lowest BCUT2D eigenvalue weighted by Crippen LogP contribution is -2.57. The molecule has 0 atom stereocenters. The number of hydrogen-bond donors (Lipinski definition) is 1. The van der Waals surface area contributed by atoms with Gasteiger partial charge in [-0.25, -0.2) is 4.79 Å². The fourth-order valence-electron chi connectivity index (χ4n) is 3.43. The third-order valence-electron chi connectivity index (χ3n) is 5.08. The molecule has 32 heavy (non-hydrogen) atoms. The number of hydrogen-bond acceptors (Lipinski definition) is 8. The number of nitrogens with zero attached hydrogens (tertiary/aromatic N) is 3. The Morgan fingerprint density at radius 1 is 1.12 bits per heavy atom. The van der Waals surface area contributed by atoms with E-state index in [9.17, 15) is 4.79 Å². The lowest BCUT2D eigenvalue weighted by molar-refractivity contribution is 0.0493. The maximum absolute atomic E-state index is 12.5. The number of urea groups is 1. The Kier molecular flexibility index (Phi) is 5.51. The van der Waals surface area contributed by atoms with Crippen LogP contribution in [0.25, 0.3) is 11.4 Å². The van der Waals surface area contributed by atoms with Gasteiger partial charge >= 0.3 is 6.03 Å². The monoisotopic (exact) mass is 438 g/mol. The molecule has 3 heterocycles. The Morgan fingerprint density at radius 3 is 2.69 bits per heavy atom. The number of carbonyl (C=O) groups is 1. The highest BCUT2D eigenvalue weighted by Crippen LogP contribution is 2.33. The van der Waals surface area contributed by atoms with E-state index in [0.717, 1.165) is 5.56 Å². The fourth-order valence-corrected chi connectivity index (χ4v) is 3.43. The van der Waals surface area contributed by atoms with Crippen LogP contribution in [0, 0.1) is 0 Å². The van der Waals surface area contributed by atoms with Gasteiger partial charge in [-0.05, 0) is 36.4 Å². The standard InChI is InChI=1S/C22H22N4O6/c1-28-13-20-24-21(25-32-20)14-2-5-16(6-3-14)31-17-11-26(12-17)22(27)23-15-4-7-18-19(10-15)30-9-8-29-18/h2-7,10,17H,8-9,11-13H2,1H3,(H,23,27). The molecule has 3 aromatic rings. The van der Waals surface area contributed by atoms with Crippen LogP contribution in [0.15, 0.2) is 47.0 Å². The van der Waals surface area contributed by atoms with E-state index < -0.39 is 0 Å². The van der Waals surface area contributed by atoms with Crippen LogP contribution in [0.4, 0.5) is 10.5 Å². The number of nitrogens with one attached hydrogen (secondary N) is 1. The summed E-state index contributed by atoms with van der Waals surface area (Å²) in [6.07, 6.45) is -0.0645. The molecule has 0 aliphatic carbocycles. The first-order valence-corrected chi connectivity index (χ1v) is 10.2. The summed E-state index contributed by atoms with van der Waals surface area (Å²) in [6, 6.07) is 12.6. The molecule has 2 aliphatic rings. The zero-order valence-corrected chi connectivity index (χ0v) is 17.4. The van der Waals surface area contributed by atoms with E-state index in [1.807, 2.05) is 24.3 Å². The minimum Gasteiger partial charge on any atom is -0.487 e. The minimum atomic E-state index is -0.180. The van der Waals surface area contributed by atoms with Crippen molar-refractivity contribution in [2.45, 2.75) is 12.7 Å². The van der Waals surface area contributed by atoms with Gasteiger partial charge in [0.25, 0.3) is 5.89 Å². The predicted molar refractivity (Wildman–Crippen MR) is 113 cm³/mol. The summed E-state index contributed by atoms with van der Waals surface area (Å²) in [5.74, 6) is 2.96. The summed E-state index contributed by atoms with van der Waals surface area (Å²) in [5, 5.41) is 6.82. The number of carbonyl (C=O) groups excluding carboxylic acids is 1. The molecule has 10 nitrogen and oxygen atoms in total. The number of amides is 2. The van der Waals surface area contributed by atoms with Crippen molar-refractivity contribution in [2.75, 3.05) is 38.7 Å². The molecule has 0 radical (unpaired) electrons. The lowest BCUT2D eigenvalue weighted by atomic mass is 10.1. The van der Waals surface area contributed by atoms with E-state index in [0.29, 0.717) is 61.0 Å². The van der Waals surface area contributed by atoms with Gasteiger partial charge in [-0.1, -0.05) is 5.16 Å². The van der Waals surface area contributed by atoms with E-state index in [1.54, 1.807) is 30.2 Å². The molecular weight excluding hydrogens is 416 g/mol. The van der Waals surface area contributed by atoms with E-state index >= 15 is 0 Å². The number of likely N-dealkylation sites (tertiary alicyclic amines) is 1. The van der Waals surface area contributed by atoms with Gasteiger partial charge in [0, 0.05) is 24.4 Å². The summed E-state index contributed by atoms with van der Waals surface area (Å²) in [4.78, 5) is 18.4. The molecule has 0 saturated carbocycles. The lowest BCUT2D eigenvalue weighted by Gasteiger charge is -2.38. The van der Waals surface area contributed by atoms with Crippen LogP contribution < -0.4 is 19.5 Å². The van der Waals surface area contributed by atoms with Gasteiger partial charge in [-0.3, -0.25) is 0 Å².